The Morgan fingerprint density at radius 1 is 1.05 bits per heavy atom. The van der Waals surface area contributed by atoms with Crippen LogP contribution in [0.5, 0.6) is 11.8 Å². The van der Waals surface area contributed by atoms with E-state index in [2.05, 4.69) is 43.7 Å². The number of benzene rings is 2. The zero-order chi connectivity index (χ0) is 39.9. The summed E-state index contributed by atoms with van der Waals surface area (Å²) in [6.07, 6.45) is 4.16. The molecule has 2 bridgehead atoms. The highest BCUT2D eigenvalue weighted by Crippen LogP contribution is 2.44. The number of ether oxygens (including phenoxy) is 2. The van der Waals surface area contributed by atoms with Crippen molar-refractivity contribution >= 4 is 53.5 Å². The van der Waals surface area contributed by atoms with Crippen molar-refractivity contribution in [3.63, 3.8) is 0 Å². The molecular formula is C42H53ClF2N6O4Si. The first-order valence-electron chi connectivity index (χ1n) is 19.9. The van der Waals surface area contributed by atoms with Crippen molar-refractivity contribution < 1.29 is 27.5 Å². The zero-order valence-corrected chi connectivity index (χ0v) is 35.5. The van der Waals surface area contributed by atoms with Crippen LogP contribution < -0.4 is 14.1 Å². The smallest absolute Gasteiger partial charge is 0.410 e. The molecular weight excluding hydrogens is 754 g/mol. The predicted molar refractivity (Wildman–Crippen MR) is 219 cm³/mol. The van der Waals surface area contributed by atoms with Crippen LogP contribution in [0.3, 0.4) is 0 Å². The largest absolute Gasteiger partial charge is 0.543 e. The van der Waals surface area contributed by atoms with E-state index < -0.39 is 31.4 Å². The summed E-state index contributed by atoms with van der Waals surface area (Å²) in [5.74, 6) is 0.469. The maximum Gasteiger partial charge on any atom is 0.410 e. The van der Waals surface area contributed by atoms with Crippen LogP contribution in [-0.4, -0.2) is 101 Å². The summed E-state index contributed by atoms with van der Waals surface area (Å²) in [7, 11) is -2.28. The molecule has 0 spiro atoms. The summed E-state index contributed by atoms with van der Waals surface area (Å²) >= 11 is 6.85. The second kappa shape index (κ2) is 13.9. The van der Waals surface area contributed by atoms with Gasteiger partial charge in [0.05, 0.1) is 23.0 Å². The van der Waals surface area contributed by atoms with Crippen LogP contribution in [0.15, 0.2) is 36.5 Å². The lowest BCUT2D eigenvalue weighted by molar-refractivity contribution is 0.0122. The van der Waals surface area contributed by atoms with Gasteiger partial charge >= 0.3 is 12.1 Å². The highest BCUT2D eigenvalue weighted by molar-refractivity contribution is 6.74. The van der Waals surface area contributed by atoms with E-state index in [1.165, 1.54) is 0 Å². The maximum atomic E-state index is 17.5. The Bertz CT molecular complexity index is 2180. The second-order valence-electron chi connectivity index (χ2n) is 18.7. The first-order chi connectivity index (χ1) is 26.3. The maximum absolute atomic E-state index is 17.5. The molecule has 4 aliphatic rings. The topological polar surface area (TPSA) is 93.2 Å². The number of aromatic nitrogens is 3. The van der Waals surface area contributed by atoms with Crippen molar-refractivity contribution in [3.05, 3.63) is 47.4 Å². The fourth-order valence-electron chi connectivity index (χ4n) is 8.90. The van der Waals surface area contributed by atoms with Gasteiger partial charge in [-0.05, 0) is 94.7 Å². The van der Waals surface area contributed by atoms with Crippen LogP contribution >= 0.6 is 11.6 Å². The molecule has 0 saturated carbocycles. The van der Waals surface area contributed by atoms with Crippen molar-refractivity contribution in [1.29, 1.82) is 0 Å². The van der Waals surface area contributed by atoms with Crippen LogP contribution in [0.1, 0.15) is 73.6 Å². The molecule has 4 saturated heterocycles. The lowest BCUT2D eigenvalue weighted by Crippen LogP contribution is -2.57. The standard InChI is InChI=1S/C42H53ClF2N6O4Si/c1-40(2,3)54-39(52)51-27-13-14-28(51)23-49(22-27)37-31-20-46-35(30-18-29(55-56(7,8)41(4,5)6)17-25-11-9-12-32(43)33(25)30)34(45)36(31)47-38(48-37)53-24-42-15-10-16-50(42)21-26(44)19-42/h9,11-12,17-18,20,26-28H,10,13-16,19,21-24H2,1-8H3/t26-,27?,28?,42+/m1/s1. The quantitative estimate of drug-likeness (QED) is 0.169. The van der Waals surface area contributed by atoms with Gasteiger partial charge in [-0.3, -0.25) is 14.8 Å². The number of nitrogens with zero attached hydrogens (tertiary/aromatic N) is 6. The summed E-state index contributed by atoms with van der Waals surface area (Å²) in [5.41, 5.74) is -0.431. The summed E-state index contributed by atoms with van der Waals surface area (Å²) in [6.45, 7) is 18.8. The fraction of sp³-hybridized carbons (Fsp3) is 0.571. The Hall–Kier alpha value is -3.81. The summed E-state index contributed by atoms with van der Waals surface area (Å²) in [6, 6.07) is 9.18. The fourth-order valence-corrected chi connectivity index (χ4v) is 10.2. The molecule has 1 amide bonds. The summed E-state index contributed by atoms with van der Waals surface area (Å²) in [4.78, 5) is 33.9. The Labute approximate surface area is 334 Å². The predicted octanol–water partition coefficient (Wildman–Crippen LogP) is 9.56. The molecule has 2 aromatic carbocycles. The lowest BCUT2D eigenvalue weighted by Gasteiger charge is -2.42. The molecule has 6 heterocycles. The van der Waals surface area contributed by atoms with Gasteiger partial charge in [-0.1, -0.05) is 44.5 Å². The van der Waals surface area contributed by atoms with Crippen molar-refractivity contribution in [3.8, 4) is 23.0 Å². The first-order valence-corrected chi connectivity index (χ1v) is 23.2. The third-order valence-electron chi connectivity index (χ3n) is 12.6. The van der Waals surface area contributed by atoms with Crippen LogP contribution in [-0.2, 0) is 4.74 Å². The number of rotatable bonds is 7. The van der Waals surface area contributed by atoms with Gasteiger partial charge in [0.2, 0.25) is 8.32 Å². The van der Waals surface area contributed by atoms with E-state index in [9.17, 15) is 9.18 Å². The zero-order valence-electron chi connectivity index (χ0n) is 33.7. The number of pyridine rings is 1. The number of amides is 1. The Morgan fingerprint density at radius 3 is 2.48 bits per heavy atom. The normalized spacial score (nSPS) is 24.3. The number of piperazine rings is 1. The van der Waals surface area contributed by atoms with E-state index >= 15 is 4.39 Å². The summed E-state index contributed by atoms with van der Waals surface area (Å²) in [5, 5.41) is 2.29. The van der Waals surface area contributed by atoms with Crippen molar-refractivity contribution in [2.24, 2.45) is 0 Å². The number of alkyl halides is 1. The first kappa shape index (κ1) is 39.0. The molecule has 300 valence electrons. The molecule has 10 nitrogen and oxygen atoms in total. The third kappa shape index (κ3) is 7.06. The number of hydrogen-bond acceptors (Lipinski definition) is 9. The second-order valence-corrected chi connectivity index (χ2v) is 23.9. The molecule has 56 heavy (non-hydrogen) atoms. The van der Waals surface area contributed by atoms with E-state index in [0.717, 1.165) is 37.6 Å². The average molecular weight is 807 g/mol. The average Bonchev–Trinajstić information content (AvgIpc) is 3.72. The molecule has 4 fully saturated rings. The molecule has 14 heteroatoms. The molecule has 2 unspecified atom stereocenters. The minimum atomic E-state index is -2.28. The number of anilines is 1. The third-order valence-corrected chi connectivity index (χ3v) is 17.3. The lowest BCUT2D eigenvalue weighted by atomic mass is 9.95. The number of carbonyl (C=O) groups is 1. The van der Waals surface area contributed by atoms with Gasteiger partial charge in [0.15, 0.2) is 5.82 Å². The van der Waals surface area contributed by atoms with Gasteiger partial charge in [-0.2, -0.15) is 9.97 Å². The number of carbonyl (C=O) groups excluding carboxylic acids is 1. The molecule has 8 rings (SSSR count). The van der Waals surface area contributed by atoms with Crippen LogP contribution in [0.2, 0.25) is 23.2 Å². The van der Waals surface area contributed by atoms with E-state index in [-0.39, 0.29) is 47.0 Å². The minimum Gasteiger partial charge on any atom is -0.543 e. The van der Waals surface area contributed by atoms with Crippen molar-refractivity contribution in [2.45, 2.75) is 121 Å². The van der Waals surface area contributed by atoms with Gasteiger partial charge in [0, 0.05) is 48.2 Å². The van der Waals surface area contributed by atoms with Gasteiger partial charge in [0.1, 0.15) is 41.2 Å². The van der Waals surface area contributed by atoms with E-state index in [1.54, 1.807) is 12.3 Å². The van der Waals surface area contributed by atoms with Crippen LogP contribution in [0.4, 0.5) is 19.4 Å². The highest BCUT2D eigenvalue weighted by Gasteiger charge is 2.50. The van der Waals surface area contributed by atoms with E-state index in [4.69, 9.17) is 40.5 Å². The Morgan fingerprint density at radius 2 is 1.79 bits per heavy atom. The molecule has 0 N–H and O–H groups in total. The van der Waals surface area contributed by atoms with Gasteiger partial charge in [0.25, 0.3) is 0 Å². The molecule has 4 aliphatic heterocycles. The van der Waals surface area contributed by atoms with E-state index in [0.29, 0.717) is 59.0 Å². The number of fused-ring (bicyclic) bond motifs is 5. The van der Waals surface area contributed by atoms with Gasteiger partial charge in [-0.15, -0.1) is 0 Å². The van der Waals surface area contributed by atoms with Crippen LogP contribution in [0, 0.1) is 5.82 Å². The number of hydrogen-bond donors (Lipinski definition) is 0. The van der Waals surface area contributed by atoms with Crippen LogP contribution in [0.25, 0.3) is 32.9 Å². The van der Waals surface area contributed by atoms with Crippen molar-refractivity contribution in [1.82, 2.24) is 24.8 Å². The molecule has 0 aliphatic carbocycles. The van der Waals surface area contributed by atoms with Gasteiger partial charge in [-0.25, -0.2) is 13.6 Å². The molecule has 4 atom stereocenters. The van der Waals surface area contributed by atoms with Gasteiger partial charge < -0.3 is 18.8 Å². The summed E-state index contributed by atoms with van der Waals surface area (Å²) < 4.78 is 51.1. The monoisotopic (exact) mass is 806 g/mol. The highest BCUT2D eigenvalue weighted by atomic mass is 35.5. The van der Waals surface area contributed by atoms with E-state index in [1.807, 2.05) is 49.9 Å². The van der Waals surface area contributed by atoms with Crippen molar-refractivity contribution in [2.75, 3.05) is 37.7 Å². The minimum absolute atomic E-state index is 0.0203. The molecule has 0 radical (unpaired) electrons. The SMILES string of the molecule is CC(C)(C)OC(=O)N1C2CCC1CN(c1nc(OC[C@@]34CCCN3C[C@H](F)C4)nc3c(F)c(-c4cc(O[Si](C)(C)C(C)(C)C)cc5cccc(Cl)c45)ncc13)C2. The molecule has 4 aromatic rings. The number of halogens is 3. The Balaban J connectivity index is 1.23. The Kier molecular flexibility index (Phi) is 9.71. The molecule has 2 aromatic heterocycles.